The fourth-order valence-corrected chi connectivity index (χ4v) is 2.35. The van der Waals surface area contributed by atoms with Crippen molar-refractivity contribution in [3.8, 4) is 5.82 Å². The van der Waals surface area contributed by atoms with Crippen LogP contribution in [0.25, 0.3) is 16.9 Å². The van der Waals surface area contributed by atoms with Gasteiger partial charge in [-0.1, -0.05) is 12.1 Å². The normalized spacial score (nSPS) is 12.5. The van der Waals surface area contributed by atoms with Crippen molar-refractivity contribution in [2.45, 2.75) is 13.0 Å². The molecule has 114 valence electrons. The number of nitrogens with one attached hydrogen (secondary N) is 1. The Labute approximate surface area is 128 Å². The Bertz CT molecular complexity index is 785. The summed E-state index contributed by atoms with van der Waals surface area (Å²) in [5.41, 5.74) is 8.55. The Morgan fingerprint density at radius 2 is 2.09 bits per heavy atom. The van der Waals surface area contributed by atoms with Gasteiger partial charge in [0.1, 0.15) is 18.3 Å². The summed E-state index contributed by atoms with van der Waals surface area (Å²) in [7, 11) is 1.66. The summed E-state index contributed by atoms with van der Waals surface area (Å²) in [6, 6.07) is 7.92. The quantitative estimate of drug-likeness (QED) is 0.747. The van der Waals surface area contributed by atoms with Gasteiger partial charge in [-0.15, -0.1) is 0 Å². The summed E-state index contributed by atoms with van der Waals surface area (Å²) in [5, 5.41) is 3.23. The molecular formula is C15H18N6O. The van der Waals surface area contributed by atoms with Crippen LogP contribution in [0.3, 0.4) is 0 Å². The third-order valence-corrected chi connectivity index (χ3v) is 3.34. The van der Waals surface area contributed by atoms with Gasteiger partial charge in [0.05, 0.1) is 17.6 Å². The number of nitrogens with two attached hydrogens (primary N) is 1. The molecule has 2 heterocycles. The number of methoxy groups -OCH3 is 1. The topological polar surface area (TPSA) is 90.9 Å². The average molecular weight is 298 g/mol. The summed E-state index contributed by atoms with van der Waals surface area (Å²) in [5.74, 6) is 1.20. The number of aromatic nitrogens is 4. The van der Waals surface area contributed by atoms with E-state index >= 15 is 0 Å². The molecule has 1 unspecified atom stereocenters. The van der Waals surface area contributed by atoms with E-state index in [1.54, 1.807) is 13.4 Å². The SMILES string of the molecule is COCC(C)Nc1ncnc(-n2cnc3ccccc32)c1N. The Balaban J connectivity index is 2.01. The Morgan fingerprint density at radius 3 is 2.91 bits per heavy atom. The van der Waals surface area contributed by atoms with Crippen LogP contribution < -0.4 is 11.1 Å². The van der Waals surface area contributed by atoms with E-state index in [4.69, 9.17) is 10.5 Å². The molecule has 0 radical (unpaired) electrons. The van der Waals surface area contributed by atoms with E-state index in [0.29, 0.717) is 23.9 Å². The maximum atomic E-state index is 6.23. The molecule has 0 aliphatic heterocycles. The lowest BCUT2D eigenvalue weighted by Crippen LogP contribution is -2.22. The largest absolute Gasteiger partial charge is 0.393 e. The van der Waals surface area contributed by atoms with Gasteiger partial charge in [-0.2, -0.15) is 0 Å². The van der Waals surface area contributed by atoms with Crippen LogP contribution in [0, 0.1) is 0 Å². The lowest BCUT2D eigenvalue weighted by atomic mass is 10.3. The molecule has 7 nitrogen and oxygen atoms in total. The van der Waals surface area contributed by atoms with Crippen molar-refractivity contribution in [1.29, 1.82) is 0 Å². The van der Waals surface area contributed by atoms with E-state index in [1.165, 1.54) is 6.33 Å². The number of rotatable bonds is 5. The molecule has 7 heteroatoms. The van der Waals surface area contributed by atoms with Crippen molar-refractivity contribution < 1.29 is 4.74 Å². The Morgan fingerprint density at radius 1 is 1.27 bits per heavy atom. The third kappa shape index (κ3) is 2.58. The van der Waals surface area contributed by atoms with E-state index in [2.05, 4.69) is 20.3 Å². The highest BCUT2D eigenvalue weighted by molar-refractivity contribution is 5.80. The van der Waals surface area contributed by atoms with Gasteiger partial charge in [0, 0.05) is 13.2 Å². The molecule has 0 spiro atoms. The highest BCUT2D eigenvalue weighted by Gasteiger charge is 2.14. The van der Waals surface area contributed by atoms with Gasteiger partial charge in [0.15, 0.2) is 11.6 Å². The summed E-state index contributed by atoms with van der Waals surface area (Å²) in [6.45, 7) is 2.56. The summed E-state index contributed by atoms with van der Waals surface area (Å²) in [4.78, 5) is 12.9. The second-order valence-electron chi connectivity index (χ2n) is 5.06. The lowest BCUT2D eigenvalue weighted by molar-refractivity contribution is 0.190. The molecule has 0 amide bonds. The minimum Gasteiger partial charge on any atom is -0.393 e. The van der Waals surface area contributed by atoms with Crippen LogP contribution in [0.1, 0.15) is 6.92 Å². The molecule has 3 N–H and O–H groups in total. The number of hydrogen-bond donors (Lipinski definition) is 2. The molecule has 0 fully saturated rings. The Hall–Kier alpha value is -2.67. The van der Waals surface area contributed by atoms with Crippen LogP contribution in [0.2, 0.25) is 0 Å². The molecule has 0 aliphatic carbocycles. The second kappa shape index (κ2) is 5.98. The maximum absolute atomic E-state index is 6.23. The number of nitrogens with zero attached hydrogens (tertiary/aromatic N) is 4. The summed E-state index contributed by atoms with van der Waals surface area (Å²) >= 11 is 0. The molecule has 22 heavy (non-hydrogen) atoms. The average Bonchev–Trinajstić information content (AvgIpc) is 2.94. The van der Waals surface area contributed by atoms with Crippen LogP contribution in [0.4, 0.5) is 11.5 Å². The van der Waals surface area contributed by atoms with E-state index in [0.717, 1.165) is 11.0 Å². The van der Waals surface area contributed by atoms with E-state index in [-0.39, 0.29) is 6.04 Å². The standard InChI is InChI=1S/C15H18N6O/c1-10(7-22-2)20-14-13(16)15(18-8-17-14)21-9-19-11-5-3-4-6-12(11)21/h3-6,8-10H,7,16H2,1-2H3,(H,17,18,20). The summed E-state index contributed by atoms with van der Waals surface area (Å²) < 4.78 is 6.97. The van der Waals surface area contributed by atoms with E-state index in [1.807, 2.05) is 35.8 Å². The predicted octanol–water partition coefficient (Wildman–Crippen LogP) is 1.84. The molecule has 1 atom stereocenters. The number of hydrogen-bond acceptors (Lipinski definition) is 6. The lowest BCUT2D eigenvalue weighted by Gasteiger charge is -2.16. The molecule has 0 saturated carbocycles. The highest BCUT2D eigenvalue weighted by Crippen LogP contribution is 2.25. The zero-order valence-corrected chi connectivity index (χ0v) is 12.5. The number of benzene rings is 1. The van der Waals surface area contributed by atoms with Gasteiger partial charge in [-0.25, -0.2) is 15.0 Å². The van der Waals surface area contributed by atoms with Crippen molar-refractivity contribution in [3.63, 3.8) is 0 Å². The Kier molecular flexibility index (Phi) is 3.88. The number of ether oxygens (including phenoxy) is 1. The molecule has 1 aromatic carbocycles. The first-order valence-electron chi connectivity index (χ1n) is 6.99. The van der Waals surface area contributed by atoms with Crippen molar-refractivity contribution >= 4 is 22.5 Å². The molecule has 3 rings (SSSR count). The monoisotopic (exact) mass is 298 g/mol. The number of anilines is 2. The summed E-state index contributed by atoms with van der Waals surface area (Å²) in [6.07, 6.45) is 3.20. The minimum absolute atomic E-state index is 0.0922. The molecule has 3 aromatic rings. The van der Waals surface area contributed by atoms with Gasteiger partial charge < -0.3 is 15.8 Å². The zero-order valence-electron chi connectivity index (χ0n) is 12.5. The molecule has 0 aliphatic rings. The van der Waals surface area contributed by atoms with Crippen molar-refractivity contribution in [3.05, 3.63) is 36.9 Å². The van der Waals surface area contributed by atoms with Crippen LogP contribution in [0.5, 0.6) is 0 Å². The third-order valence-electron chi connectivity index (χ3n) is 3.34. The van der Waals surface area contributed by atoms with E-state index < -0.39 is 0 Å². The maximum Gasteiger partial charge on any atom is 0.167 e. The van der Waals surface area contributed by atoms with Crippen LogP contribution in [0.15, 0.2) is 36.9 Å². The van der Waals surface area contributed by atoms with Crippen molar-refractivity contribution in [2.75, 3.05) is 24.8 Å². The molecule has 2 aromatic heterocycles. The number of para-hydroxylation sites is 2. The van der Waals surface area contributed by atoms with E-state index in [9.17, 15) is 0 Å². The fraction of sp³-hybridized carbons (Fsp3) is 0.267. The van der Waals surface area contributed by atoms with Gasteiger partial charge in [0.25, 0.3) is 0 Å². The van der Waals surface area contributed by atoms with Gasteiger partial charge >= 0.3 is 0 Å². The first kappa shape index (κ1) is 14.3. The van der Waals surface area contributed by atoms with Gasteiger partial charge in [0.2, 0.25) is 0 Å². The zero-order chi connectivity index (χ0) is 15.5. The van der Waals surface area contributed by atoms with Gasteiger partial charge in [-0.3, -0.25) is 4.57 Å². The molecular weight excluding hydrogens is 280 g/mol. The smallest absolute Gasteiger partial charge is 0.167 e. The second-order valence-corrected chi connectivity index (χ2v) is 5.06. The molecule has 0 saturated heterocycles. The predicted molar refractivity (Wildman–Crippen MR) is 86.0 cm³/mol. The highest BCUT2D eigenvalue weighted by atomic mass is 16.5. The van der Waals surface area contributed by atoms with Crippen molar-refractivity contribution in [1.82, 2.24) is 19.5 Å². The van der Waals surface area contributed by atoms with Crippen LogP contribution >= 0.6 is 0 Å². The first-order valence-corrected chi connectivity index (χ1v) is 6.99. The van der Waals surface area contributed by atoms with Crippen LogP contribution in [-0.2, 0) is 4.74 Å². The minimum atomic E-state index is 0.0922. The fourth-order valence-electron chi connectivity index (χ4n) is 2.35. The number of fused-ring (bicyclic) bond motifs is 1. The van der Waals surface area contributed by atoms with Crippen LogP contribution in [-0.4, -0.2) is 39.3 Å². The first-order chi connectivity index (χ1) is 10.7. The number of nitrogen functional groups attached to an aromatic ring is 1. The molecule has 0 bridgehead atoms. The number of imidazole rings is 1. The van der Waals surface area contributed by atoms with Crippen molar-refractivity contribution in [2.24, 2.45) is 0 Å². The van der Waals surface area contributed by atoms with Gasteiger partial charge in [-0.05, 0) is 19.1 Å².